The zero-order valence-corrected chi connectivity index (χ0v) is 20.2. The Morgan fingerprint density at radius 1 is 0.970 bits per heavy atom. The molecular formula is C23H24ClN3O5S. The number of hydrogen-bond acceptors (Lipinski definition) is 7. The molecule has 0 fully saturated rings. The number of ether oxygens (including phenoxy) is 3. The maximum Gasteiger partial charge on any atom is 0.203 e. The topological polar surface area (TPSA) is 82.9 Å². The number of rotatable bonds is 7. The van der Waals surface area contributed by atoms with Gasteiger partial charge in [0.2, 0.25) is 15.6 Å². The second-order valence-corrected chi connectivity index (χ2v) is 9.93. The van der Waals surface area contributed by atoms with Gasteiger partial charge in [0.05, 0.1) is 38.1 Å². The van der Waals surface area contributed by atoms with Crippen LogP contribution in [-0.2, 0) is 9.84 Å². The second-order valence-electron chi connectivity index (χ2n) is 7.44. The molecule has 0 amide bonds. The fourth-order valence-electron chi connectivity index (χ4n) is 3.69. The molecule has 2 aromatic carbocycles. The number of aryl methyl sites for hydroxylation is 1. The van der Waals surface area contributed by atoms with Crippen LogP contribution >= 0.6 is 11.6 Å². The number of alkyl halides is 1. The van der Waals surface area contributed by atoms with Crippen molar-refractivity contribution in [1.82, 2.24) is 9.55 Å². The molecule has 174 valence electrons. The van der Waals surface area contributed by atoms with Gasteiger partial charge in [0, 0.05) is 12.1 Å². The van der Waals surface area contributed by atoms with E-state index < -0.39 is 20.7 Å². The molecule has 4 rings (SSSR count). The van der Waals surface area contributed by atoms with Gasteiger partial charge in [0.1, 0.15) is 17.6 Å². The number of nitrogens with zero attached hydrogens (tertiary/aromatic N) is 3. The highest BCUT2D eigenvalue weighted by molar-refractivity contribution is 7.92. The summed E-state index contributed by atoms with van der Waals surface area (Å²) in [5, 5.41) is -0.981. The third-order valence-electron chi connectivity index (χ3n) is 5.42. The zero-order chi connectivity index (χ0) is 23.8. The molecule has 1 aliphatic heterocycles. The molecule has 0 bridgehead atoms. The minimum absolute atomic E-state index is 0.225. The average Bonchev–Trinajstić information content (AvgIpc) is 3.45. The Bertz CT molecular complexity index is 1260. The number of imidazole rings is 1. The van der Waals surface area contributed by atoms with Crippen LogP contribution in [-0.4, -0.2) is 50.2 Å². The van der Waals surface area contributed by atoms with Crippen molar-refractivity contribution in [2.24, 2.45) is 0 Å². The van der Waals surface area contributed by atoms with Gasteiger partial charge >= 0.3 is 0 Å². The second kappa shape index (κ2) is 8.99. The van der Waals surface area contributed by atoms with Crippen LogP contribution in [0, 0.1) is 6.92 Å². The molecule has 2 heterocycles. The van der Waals surface area contributed by atoms with E-state index in [0.717, 1.165) is 5.56 Å². The molecule has 2 unspecified atom stereocenters. The van der Waals surface area contributed by atoms with E-state index in [2.05, 4.69) is 4.98 Å². The van der Waals surface area contributed by atoms with Crippen LogP contribution in [0.1, 0.15) is 5.56 Å². The van der Waals surface area contributed by atoms with Crippen LogP contribution in [0.25, 0.3) is 5.69 Å². The average molecular weight is 490 g/mol. The van der Waals surface area contributed by atoms with E-state index in [-0.39, 0.29) is 4.90 Å². The monoisotopic (exact) mass is 489 g/mol. The molecule has 1 aliphatic rings. The summed E-state index contributed by atoms with van der Waals surface area (Å²) in [6.45, 7) is 1.91. The third kappa shape index (κ3) is 4.14. The number of aromatic nitrogens is 2. The van der Waals surface area contributed by atoms with Gasteiger partial charge in [-0.25, -0.2) is 13.4 Å². The third-order valence-corrected chi connectivity index (χ3v) is 7.73. The van der Waals surface area contributed by atoms with Gasteiger partial charge in [-0.2, -0.15) is 0 Å². The summed E-state index contributed by atoms with van der Waals surface area (Å²) < 4.78 is 44.7. The summed E-state index contributed by atoms with van der Waals surface area (Å²) >= 11 is 6.49. The molecule has 0 aliphatic carbocycles. The lowest BCUT2D eigenvalue weighted by molar-refractivity contribution is 0.324. The normalized spacial score (nSPS) is 17.9. The Hall–Kier alpha value is -3.17. The van der Waals surface area contributed by atoms with Crippen molar-refractivity contribution in [3.63, 3.8) is 0 Å². The summed E-state index contributed by atoms with van der Waals surface area (Å²) in [5.41, 5.74) is 1.00. The molecule has 10 heteroatoms. The predicted octanol–water partition coefficient (Wildman–Crippen LogP) is 3.95. The molecule has 3 aromatic rings. The van der Waals surface area contributed by atoms with Crippen molar-refractivity contribution >= 4 is 27.3 Å². The van der Waals surface area contributed by atoms with Gasteiger partial charge in [-0.1, -0.05) is 29.3 Å². The highest BCUT2D eigenvalue weighted by Gasteiger charge is 2.39. The smallest absolute Gasteiger partial charge is 0.203 e. The van der Waals surface area contributed by atoms with Crippen molar-refractivity contribution in [2.45, 2.75) is 22.7 Å². The van der Waals surface area contributed by atoms with Gasteiger partial charge in [0.25, 0.3) is 0 Å². The summed E-state index contributed by atoms with van der Waals surface area (Å²) in [5.74, 6) is 1.85. The van der Waals surface area contributed by atoms with E-state index in [4.69, 9.17) is 25.8 Å². The van der Waals surface area contributed by atoms with Crippen molar-refractivity contribution in [3.8, 4) is 22.9 Å². The summed E-state index contributed by atoms with van der Waals surface area (Å²) in [6, 6.07) is 10.3. The maximum atomic E-state index is 13.4. The standard InChI is InChI=1S/C23H24ClN3O5S/c1-15-5-7-17(8-6-15)33(28,29)22-10-9-20(24)27(22)21-13-26(14-25-21)16-11-18(30-2)23(32-4)19(12-16)31-3/h5-14,20,22H,1-4H3. The van der Waals surface area contributed by atoms with E-state index in [9.17, 15) is 8.42 Å². The first-order valence-corrected chi connectivity index (χ1v) is 12.0. The highest BCUT2D eigenvalue weighted by atomic mass is 35.5. The predicted molar refractivity (Wildman–Crippen MR) is 127 cm³/mol. The van der Waals surface area contributed by atoms with Crippen LogP contribution in [0.15, 0.2) is 66.0 Å². The first-order chi connectivity index (χ1) is 15.8. The van der Waals surface area contributed by atoms with E-state index in [1.165, 1.54) is 21.3 Å². The van der Waals surface area contributed by atoms with E-state index >= 15 is 0 Å². The van der Waals surface area contributed by atoms with Crippen molar-refractivity contribution in [2.75, 3.05) is 26.2 Å². The molecule has 0 N–H and O–H groups in total. The van der Waals surface area contributed by atoms with Gasteiger partial charge in [-0.15, -0.1) is 0 Å². The number of benzene rings is 2. The fourth-order valence-corrected chi connectivity index (χ4v) is 5.70. The molecule has 2 atom stereocenters. The minimum Gasteiger partial charge on any atom is -0.493 e. The first kappa shape index (κ1) is 23.0. The Labute approximate surface area is 197 Å². The van der Waals surface area contributed by atoms with Gasteiger partial charge < -0.3 is 23.7 Å². The number of hydrogen-bond donors (Lipinski definition) is 0. The Morgan fingerprint density at radius 3 is 2.18 bits per heavy atom. The van der Waals surface area contributed by atoms with Gasteiger partial charge in [-0.05, 0) is 31.2 Å². The number of sulfone groups is 1. The molecule has 1 aromatic heterocycles. The Morgan fingerprint density at radius 2 is 1.61 bits per heavy atom. The summed E-state index contributed by atoms with van der Waals surface area (Å²) in [7, 11) is 0.883. The summed E-state index contributed by atoms with van der Waals surface area (Å²) in [4.78, 5) is 6.22. The molecule has 8 nitrogen and oxygen atoms in total. The highest BCUT2D eigenvalue weighted by Crippen LogP contribution is 2.40. The lowest BCUT2D eigenvalue weighted by atomic mass is 10.2. The van der Waals surface area contributed by atoms with Crippen molar-refractivity contribution in [3.05, 3.63) is 66.6 Å². The van der Waals surface area contributed by atoms with Gasteiger partial charge in [-0.3, -0.25) is 0 Å². The molecule has 0 radical (unpaired) electrons. The summed E-state index contributed by atoms with van der Waals surface area (Å²) in [6.07, 6.45) is 6.52. The molecular weight excluding hydrogens is 466 g/mol. The zero-order valence-electron chi connectivity index (χ0n) is 18.6. The van der Waals surface area contributed by atoms with Crippen LogP contribution in [0.5, 0.6) is 17.2 Å². The fraction of sp³-hybridized carbons (Fsp3) is 0.261. The van der Waals surface area contributed by atoms with E-state index in [0.29, 0.717) is 28.8 Å². The van der Waals surface area contributed by atoms with E-state index in [1.54, 1.807) is 70.5 Å². The quantitative estimate of drug-likeness (QED) is 0.282. The van der Waals surface area contributed by atoms with Crippen molar-refractivity contribution < 1.29 is 22.6 Å². The van der Waals surface area contributed by atoms with Crippen LogP contribution in [0.3, 0.4) is 0 Å². The van der Waals surface area contributed by atoms with Gasteiger partial charge in [0.15, 0.2) is 16.9 Å². The lowest BCUT2D eigenvalue weighted by Gasteiger charge is -2.27. The largest absolute Gasteiger partial charge is 0.493 e. The van der Waals surface area contributed by atoms with Crippen LogP contribution in [0.2, 0.25) is 0 Å². The van der Waals surface area contributed by atoms with E-state index in [1.807, 2.05) is 6.92 Å². The SMILES string of the molecule is COc1cc(-n2cnc(N3C(Cl)C=CC3S(=O)(=O)c3ccc(C)cc3)c2)cc(OC)c1OC. The number of anilines is 1. The van der Waals surface area contributed by atoms with Crippen LogP contribution in [0.4, 0.5) is 5.82 Å². The first-order valence-electron chi connectivity index (χ1n) is 10.1. The molecule has 0 saturated heterocycles. The lowest BCUT2D eigenvalue weighted by Crippen LogP contribution is -2.40. The minimum atomic E-state index is -3.72. The molecule has 33 heavy (non-hydrogen) atoms. The number of methoxy groups -OCH3 is 3. The number of halogens is 1. The van der Waals surface area contributed by atoms with Crippen LogP contribution < -0.4 is 19.1 Å². The Kier molecular flexibility index (Phi) is 6.27. The Balaban J connectivity index is 1.71. The molecule has 0 saturated carbocycles. The van der Waals surface area contributed by atoms with Crippen molar-refractivity contribution in [1.29, 1.82) is 0 Å². The maximum absolute atomic E-state index is 13.4. The molecule has 0 spiro atoms.